The Morgan fingerprint density at radius 1 is 1.22 bits per heavy atom. The van der Waals surface area contributed by atoms with Gasteiger partial charge < -0.3 is 15.2 Å². The van der Waals surface area contributed by atoms with Crippen molar-refractivity contribution < 1.29 is 4.79 Å². The molecule has 1 saturated carbocycles. The Bertz CT molecular complexity index is 896. The number of hydrogen-bond acceptors (Lipinski definition) is 6. The number of anilines is 1. The summed E-state index contributed by atoms with van der Waals surface area (Å²) in [4.78, 5) is 28.8. The number of carbonyl (C=O) groups is 1. The molecule has 2 aromatic heterocycles. The smallest absolute Gasteiger partial charge is 0.219 e. The van der Waals surface area contributed by atoms with Crippen LogP contribution in [0.4, 0.5) is 5.82 Å². The van der Waals surface area contributed by atoms with Crippen molar-refractivity contribution in [2.75, 3.05) is 38.5 Å². The molecular weight excluding hydrogens is 342 g/mol. The molecular formula is C19H25N7O. The van der Waals surface area contributed by atoms with E-state index in [1.807, 2.05) is 11.2 Å². The fourth-order valence-electron chi connectivity index (χ4n) is 3.90. The summed E-state index contributed by atoms with van der Waals surface area (Å²) < 4.78 is 2.13. The Labute approximate surface area is 158 Å². The van der Waals surface area contributed by atoms with Crippen LogP contribution in [-0.4, -0.2) is 67.9 Å². The number of nitrogens with zero attached hydrogens (tertiary/aromatic N) is 6. The maximum Gasteiger partial charge on any atom is 0.219 e. The summed E-state index contributed by atoms with van der Waals surface area (Å²) in [7, 11) is 0. The first-order chi connectivity index (χ1) is 13.1. The molecule has 0 atom stereocenters. The molecule has 1 aliphatic heterocycles. The first-order valence-corrected chi connectivity index (χ1v) is 9.58. The highest BCUT2D eigenvalue weighted by Crippen LogP contribution is 2.32. The molecule has 1 amide bonds. The van der Waals surface area contributed by atoms with Crippen molar-refractivity contribution in [2.45, 2.75) is 38.6 Å². The largest absolute Gasteiger partial charge is 0.382 e. The zero-order valence-electron chi connectivity index (χ0n) is 15.7. The van der Waals surface area contributed by atoms with Gasteiger partial charge in [0.1, 0.15) is 5.52 Å². The minimum absolute atomic E-state index is 0.136. The normalized spacial score (nSPS) is 18.6. The molecule has 2 aromatic rings. The summed E-state index contributed by atoms with van der Waals surface area (Å²) in [5.41, 5.74) is 7.53. The number of nitrogen functional groups attached to an aromatic ring is 1. The van der Waals surface area contributed by atoms with Gasteiger partial charge in [-0.05, 0) is 18.8 Å². The molecule has 2 fully saturated rings. The number of amides is 1. The van der Waals surface area contributed by atoms with E-state index in [4.69, 9.17) is 5.73 Å². The van der Waals surface area contributed by atoms with Crippen LogP contribution in [0.3, 0.4) is 0 Å². The third kappa shape index (κ3) is 3.74. The van der Waals surface area contributed by atoms with Crippen molar-refractivity contribution >= 4 is 22.9 Å². The Morgan fingerprint density at radius 3 is 2.67 bits per heavy atom. The molecule has 1 aliphatic carbocycles. The van der Waals surface area contributed by atoms with Gasteiger partial charge in [0.15, 0.2) is 11.5 Å². The fourth-order valence-corrected chi connectivity index (χ4v) is 3.90. The number of hydrogen-bond donors (Lipinski definition) is 1. The lowest BCUT2D eigenvalue weighted by Crippen LogP contribution is -2.47. The molecule has 2 N–H and O–H groups in total. The second kappa shape index (κ2) is 7.53. The number of carbonyl (C=O) groups excluding carboxylic acids is 1. The SMILES string of the molecule is CC(=O)N1CCN(CC#Cc2nc(N)c3ncn(C4CCCC4)c3n2)CC1. The van der Waals surface area contributed by atoms with Crippen molar-refractivity contribution in [1.82, 2.24) is 29.3 Å². The quantitative estimate of drug-likeness (QED) is 0.797. The second-order valence-electron chi connectivity index (χ2n) is 7.28. The molecule has 3 heterocycles. The van der Waals surface area contributed by atoms with Crippen LogP contribution < -0.4 is 5.73 Å². The Balaban J connectivity index is 1.47. The summed E-state index contributed by atoms with van der Waals surface area (Å²) in [5.74, 6) is 7.17. The van der Waals surface area contributed by atoms with Crippen molar-refractivity contribution in [1.29, 1.82) is 0 Å². The molecule has 0 unspecified atom stereocenters. The third-order valence-corrected chi connectivity index (χ3v) is 5.49. The third-order valence-electron chi connectivity index (χ3n) is 5.49. The average Bonchev–Trinajstić information content (AvgIpc) is 3.31. The zero-order valence-corrected chi connectivity index (χ0v) is 15.7. The topological polar surface area (TPSA) is 93.2 Å². The highest BCUT2D eigenvalue weighted by atomic mass is 16.2. The van der Waals surface area contributed by atoms with Crippen LogP contribution in [0.2, 0.25) is 0 Å². The monoisotopic (exact) mass is 367 g/mol. The first-order valence-electron chi connectivity index (χ1n) is 9.58. The van der Waals surface area contributed by atoms with Crippen molar-refractivity contribution in [3.8, 4) is 11.8 Å². The standard InChI is InChI=1S/C19H25N7O/c1-14(27)25-11-9-24(10-12-25)8-4-7-16-22-18(20)17-19(23-16)26(13-21-17)15-5-2-3-6-15/h13,15H,2-3,5-6,8-12H2,1H3,(H2,20,22,23). The molecule has 0 bridgehead atoms. The van der Waals surface area contributed by atoms with E-state index in [9.17, 15) is 4.79 Å². The summed E-state index contributed by atoms with van der Waals surface area (Å²) in [5, 5.41) is 0. The minimum Gasteiger partial charge on any atom is -0.382 e. The molecule has 27 heavy (non-hydrogen) atoms. The van der Waals surface area contributed by atoms with Crippen LogP contribution in [-0.2, 0) is 4.79 Å². The molecule has 2 aliphatic rings. The van der Waals surface area contributed by atoms with Gasteiger partial charge in [0.05, 0.1) is 12.9 Å². The lowest BCUT2D eigenvalue weighted by Gasteiger charge is -2.32. The van der Waals surface area contributed by atoms with E-state index in [1.54, 1.807) is 6.92 Å². The Morgan fingerprint density at radius 2 is 1.96 bits per heavy atom. The van der Waals surface area contributed by atoms with Crippen LogP contribution in [0.25, 0.3) is 11.2 Å². The number of aromatic nitrogens is 4. The molecule has 1 saturated heterocycles. The van der Waals surface area contributed by atoms with Gasteiger partial charge in [0, 0.05) is 39.1 Å². The highest BCUT2D eigenvalue weighted by molar-refractivity contribution is 5.82. The summed E-state index contributed by atoms with van der Waals surface area (Å²) in [6.45, 7) is 5.44. The van der Waals surface area contributed by atoms with E-state index in [0.29, 0.717) is 29.7 Å². The fraction of sp³-hybridized carbons (Fsp3) is 0.579. The second-order valence-corrected chi connectivity index (χ2v) is 7.28. The van der Waals surface area contributed by atoms with Gasteiger partial charge in [-0.15, -0.1) is 0 Å². The average molecular weight is 367 g/mol. The van der Waals surface area contributed by atoms with E-state index in [0.717, 1.165) is 44.7 Å². The summed E-state index contributed by atoms with van der Waals surface area (Å²) in [6.07, 6.45) is 6.63. The molecule has 0 radical (unpaired) electrons. The number of rotatable bonds is 2. The maximum absolute atomic E-state index is 11.4. The van der Waals surface area contributed by atoms with E-state index >= 15 is 0 Å². The van der Waals surface area contributed by atoms with Crippen LogP contribution in [0.15, 0.2) is 6.33 Å². The summed E-state index contributed by atoms with van der Waals surface area (Å²) in [6, 6.07) is 0.447. The number of imidazole rings is 1. The van der Waals surface area contributed by atoms with Crippen molar-refractivity contribution in [3.63, 3.8) is 0 Å². The van der Waals surface area contributed by atoms with Gasteiger partial charge in [0.25, 0.3) is 0 Å². The molecule has 4 rings (SSSR count). The van der Waals surface area contributed by atoms with Crippen LogP contribution >= 0.6 is 0 Å². The van der Waals surface area contributed by atoms with Gasteiger partial charge in [0.2, 0.25) is 11.7 Å². The number of piperazine rings is 1. The lowest BCUT2D eigenvalue weighted by atomic mass is 10.2. The van der Waals surface area contributed by atoms with Gasteiger partial charge in [-0.3, -0.25) is 9.69 Å². The molecule has 142 valence electrons. The van der Waals surface area contributed by atoms with Gasteiger partial charge in [-0.1, -0.05) is 18.8 Å². The lowest BCUT2D eigenvalue weighted by molar-refractivity contribution is -0.130. The minimum atomic E-state index is 0.136. The summed E-state index contributed by atoms with van der Waals surface area (Å²) >= 11 is 0. The number of fused-ring (bicyclic) bond motifs is 1. The Kier molecular flexibility index (Phi) is 4.94. The van der Waals surface area contributed by atoms with E-state index in [2.05, 4.69) is 36.3 Å². The maximum atomic E-state index is 11.4. The van der Waals surface area contributed by atoms with Crippen LogP contribution in [0.1, 0.15) is 44.5 Å². The van der Waals surface area contributed by atoms with Gasteiger partial charge in [-0.2, -0.15) is 0 Å². The first kappa shape index (κ1) is 17.7. The van der Waals surface area contributed by atoms with E-state index in [-0.39, 0.29) is 5.91 Å². The molecule has 8 nitrogen and oxygen atoms in total. The molecule has 0 spiro atoms. The molecule has 0 aromatic carbocycles. The van der Waals surface area contributed by atoms with Crippen LogP contribution in [0, 0.1) is 11.8 Å². The Hall–Kier alpha value is -2.66. The predicted molar refractivity (Wildman–Crippen MR) is 103 cm³/mol. The number of nitrogens with two attached hydrogens (primary N) is 1. The van der Waals surface area contributed by atoms with Crippen LogP contribution in [0.5, 0.6) is 0 Å². The van der Waals surface area contributed by atoms with Gasteiger partial charge >= 0.3 is 0 Å². The zero-order chi connectivity index (χ0) is 18.8. The van der Waals surface area contributed by atoms with Crippen molar-refractivity contribution in [2.24, 2.45) is 0 Å². The highest BCUT2D eigenvalue weighted by Gasteiger charge is 2.21. The van der Waals surface area contributed by atoms with E-state index in [1.165, 1.54) is 12.8 Å². The van der Waals surface area contributed by atoms with Gasteiger partial charge in [-0.25, -0.2) is 15.0 Å². The molecule has 8 heteroatoms. The van der Waals surface area contributed by atoms with E-state index < -0.39 is 0 Å². The predicted octanol–water partition coefficient (Wildman–Crippen LogP) is 1.04. The van der Waals surface area contributed by atoms with Crippen molar-refractivity contribution in [3.05, 3.63) is 12.2 Å².